The van der Waals surface area contributed by atoms with Crippen molar-refractivity contribution in [1.82, 2.24) is 5.32 Å². The Kier molecular flexibility index (Phi) is 4.74. The first kappa shape index (κ1) is 17.0. The minimum absolute atomic E-state index is 0.170. The van der Waals surface area contributed by atoms with E-state index in [-0.39, 0.29) is 18.9 Å². The molecule has 3 rings (SSSR count). The zero-order valence-corrected chi connectivity index (χ0v) is 13.3. The quantitative estimate of drug-likeness (QED) is 0.730. The number of fused-ring (bicyclic) bond motifs is 1. The molecule has 1 amide bonds. The van der Waals surface area contributed by atoms with E-state index >= 15 is 0 Å². The lowest BCUT2D eigenvalue weighted by Gasteiger charge is -2.10. The zero-order valence-electron chi connectivity index (χ0n) is 13.3. The molecule has 25 heavy (non-hydrogen) atoms. The summed E-state index contributed by atoms with van der Waals surface area (Å²) in [6.45, 7) is 0.196. The largest absolute Gasteiger partial charge is 0.416 e. The molecule has 0 saturated carbocycles. The second-order valence-corrected chi connectivity index (χ2v) is 5.79. The van der Waals surface area contributed by atoms with Gasteiger partial charge in [0.25, 0.3) is 0 Å². The molecule has 3 aromatic carbocycles. The number of halogens is 3. The van der Waals surface area contributed by atoms with Gasteiger partial charge in [0.2, 0.25) is 5.91 Å². The normalized spacial score (nSPS) is 11.5. The Balaban J connectivity index is 1.63. The molecule has 5 heteroatoms. The minimum Gasteiger partial charge on any atom is -0.352 e. The molecule has 3 aromatic rings. The van der Waals surface area contributed by atoms with Gasteiger partial charge in [-0.15, -0.1) is 0 Å². The first-order valence-corrected chi connectivity index (χ1v) is 7.83. The van der Waals surface area contributed by atoms with Crippen LogP contribution in [-0.2, 0) is 23.9 Å². The van der Waals surface area contributed by atoms with Crippen molar-refractivity contribution in [3.05, 3.63) is 83.4 Å². The van der Waals surface area contributed by atoms with Gasteiger partial charge in [0.05, 0.1) is 12.0 Å². The summed E-state index contributed by atoms with van der Waals surface area (Å²) in [7, 11) is 0. The van der Waals surface area contributed by atoms with E-state index in [1.807, 2.05) is 42.5 Å². The fourth-order valence-electron chi connectivity index (χ4n) is 2.69. The Morgan fingerprint density at radius 2 is 1.56 bits per heavy atom. The Morgan fingerprint density at radius 1 is 0.880 bits per heavy atom. The minimum atomic E-state index is -4.35. The van der Waals surface area contributed by atoms with E-state index < -0.39 is 11.7 Å². The molecule has 0 aliphatic heterocycles. The number of nitrogens with one attached hydrogen (secondary N) is 1. The van der Waals surface area contributed by atoms with Gasteiger partial charge in [0, 0.05) is 6.54 Å². The fraction of sp³-hybridized carbons (Fsp3) is 0.150. The van der Waals surface area contributed by atoms with Gasteiger partial charge in [-0.05, 0) is 34.0 Å². The van der Waals surface area contributed by atoms with Gasteiger partial charge in [-0.25, -0.2) is 0 Å². The number of alkyl halides is 3. The summed E-state index contributed by atoms with van der Waals surface area (Å²) in [5.74, 6) is -0.170. The van der Waals surface area contributed by atoms with Crippen LogP contribution in [-0.4, -0.2) is 5.91 Å². The monoisotopic (exact) mass is 343 g/mol. The van der Waals surface area contributed by atoms with Crippen LogP contribution >= 0.6 is 0 Å². The van der Waals surface area contributed by atoms with Crippen LogP contribution in [0.15, 0.2) is 66.7 Å². The molecule has 0 unspecified atom stereocenters. The second kappa shape index (κ2) is 6.97. The fourth-order valence-corrected chi connectivity index (χ4v) is 2.69. The highest BCUT2D eigenvalue weighted by Gasteiger charge is 2.29. The van der Waals surface area contributed by atoms with E-state index in [4.69, 9.17) is 0 Å². The van der Waals surface area contributed by atoms with Crippen LogP contribution in [0.3, 0.4) is 0 Å². The van der Waals surface area contributed by atoms with Gasteiger partial charge in [-0.2, -0.15) is 13.2 Å². The molecule has 0 saturated heterocycles. The lowest BCUT2D eigenvalue weighted by atomic mass is 10.0. The van der Waals surface area contributed by atoms with Gasteiger partial charge >= 0.3 is 6.18 Å². The molecular formula is C20H16F3NO. The van der Waals surface area contributed by atoms with Gasteiger partial charge < -0.3 is 5.32 Å². The van der Waals surface area contributed by atoms with E-state index in [1.165, 1.54) is 12.1 Å². The highest BCUT2D eigenvalue weighted by atomic mass is 19.4. The van der Waals surface area contributed by atoms with Gasteiger partial charge in [-0.3, -0.25) is 4.79 Å². The molecule has 0 aliphatic carbocycles. The number of hydrogen-bond donors (Lipinski definition) is 1. The third kappa shape index (κ3) is 4.18. The standard InChI is InChI=1S/C20H16F3NO/c21-20(22,23)17-10-8-14(9-11-17)13-24-19(25)12-16-6-3-5-15-4-1-2-7-18(15)16/h1-11H,12-13H2,(H,24,25). The van der Waals surface area contributed by atoms with Crippen molar-refractivity contribution in [2.45, 2.75) is 19.1 Å². The SMILES string of the molecule is O=C(Cc1cccc2ccccc12)NCc1ccc(C(F)(F)F)cc1. The van der Waals surface area contributed by atoms with E-state index in [2.05, 4.69) is 5.32 Å². The van der Waals surface area contributed by atoms with Crippen LogP contribution in [0.1, 0.15) is 16.7 Å². The van der Waals surface area contributed by atoms with E-state index in [0.717, 1.165) is 28.5 Å². The molecule has 0 aromatic heterocycles. The van der Waals surface area contributed by atoms with Gasteiger partial charge in [0.15, 0.2) is 0 Å². The topological polar surface area (TPSA) is 29.1 Å². The number of rotatable bonds is 4. The molecule has 0 aliphatic rings. The highest BCUT2D eigenvalue weighted by Crippen LogP contribution is 2.29. The molecule has 2 nitrogen and oxygen atoms in total. The van der Waals surface area contributed by atoms with Crippen molar-refractivity contribution in [3.63, 3.8) is 0 Å². The third-order valence-electron chi connectivity index (χ3n) is 4.00. The second-order valence-electron chi connectivity index (χ2n) is 5.79. The third-order valence-corrected chi connectivity index (χ3v) is 4.00. The van der Waals surface area contributed by atoms with Crippen LogP contribution in [0.4, 0.5) is 13.2 Å². The molecule has 0 fully saturated rings. The highest BCUT2D eigenvalue weighted by molar-refractivity contribution is 5.90. The summed E-state index contributed by atoms with van der Waals surface area (Å²) >= 11 is 0. The Morgan fingerprint density at radius 3 is 2.28 bits per heavy atom. The maximum atomic E-state index is 12.5. The van der Waals surface area contributed by atoms with Crippen molar-refractivity contribution in [1.29, 1.82) is 0 Å². The number of amides is 1. The Labute approximate surface area is 143 Å². The summed E-state index contributed by atoms with van der Waals surface area (Å²) in [6, 6.07) is 18.4. The van der Waals surface area contributed by atoms with Crippen LogP contribution in [0.2, 0.25) is 0 Å². The molecule has 0 spiro atoms. The van der Waals surface area contributed by atoms with Crippen molar-refractivity contribution < 1.29 is 18.0 Å². The molecule has 0 atom stereocenters. The predicted molar refractivity (Wildman–Crippen MR) is 90.9 cm³/mol. The molecular weight excluding hydrogens is 327 g/mol. The van der Waals surface area contributed by atoms with Gasteiger partial charge in [0.1, 0.15) is 0 Å². The van der Waals surface area contributed by atoms with Crippen LogP contribution in [0, 0.1) is 0 Å². The van der Waals surface area contributed by atoms with E-state index in [0.29, 0.717) is 5.56 Å². The molecule has 1 N–H and O–H groups in total. The van der Waals surface area contributed by atoms with Gasteiger partial charge in [-0.1, -0.05) is 54.6 Å². The summed E-state index contributed by atoms with van der Waals surface area (Å²) < 4.78 is 37.6. The summed E-state index contributed by atoms with van der Waals surface area (Å²) in [4.78, 5) is 12.2. The van der Waals surface area contributed by atoms with Crippen LogP contribution < -0.4 is 5.32 Å². The van der Waals surface area contributed by atoms with Crippen LogP contribution in [0.25, 0.3) is 10.8 Å². The Hall–Kier alpha value is -2.82. The Bertz CT molecular complexity index is 880. The lowest BCUT2D eigenvalue weighted by Crippen LogP contribution is -2.24. The number of carbonyl (C=O) groups excluding carboxylic acids is 1. The molecule has 128 valence electrons. The average molecular weight is 343 g/mol. The first-order chi connectivity index (χ1) is 11.9. The first-order valence-electron chi connectivity index (χ1n) is 7.83. The summed E-state index contributed by atoms with van der Waals surface area (Å²) in [6.07, 6.45) is -4.13. The molecule has 0 radical (unpaired) electrons. The predicted octanol–water partition coefficient (Wildman–Crippen LogP) is 4.72. The van der Waals surface area contributed by atoms with Crippen molar-refractivity contribution in [3.8, 4) is 0 Å². The van der Waals surface area contributed by atoms with Crippen molar-refractivity contribution >= 4 is 16.7 Å². The van der Waals surface area contributed by atoms with E-state index in [1.54, 1.807) is 0 Å². The maximum Gasteiger partial charge on any atom is 0.416 e. The average Bonchev–Trinajstić information content (AvgIpc) is 2.60. The van der Waals surface area contributed by atoms with Crippen LogP contribution in [0.5, 0.6) is 0 Å². The zero-order chi connectivity index (χ0) is 17.9. The summed E-state index contributed by atoms with van der Waals surface area (Å²) in [5, 5.41) is 4.84. The molecule has 0 bridgehead atoms. The van der Waals surface area contributed by atoms with Crippen molar-refractivity contribution in [2.24, 2.45) is 0 Å². The maximum absolute atomic E-state index is 12.5. The van der Waals surface area contributed by atoms with Crippen molar-refractivity contribution in [2.75, 3.05) is 0 Å². The number of hydrogen-bond acceptors (Lipinski definition) is 1. The number of benzene rings is 3. The smallest absolute Gasteiger partial charge is 0.352 e. The number of carbonyl (C=O) groups is 1. The summed E-state index contributed by atoms with van der Waals surface area (Å²) in [5.41, 5.74) is 0.848. The molecule has 0 heterocycles. The van der Waals surface area contributed by atoms with E-state index in [9.17, 15) is 18.0 Å². The lowest BCUT2D eigenvalue weighted by molar-refractivity contribution is -0.137.